The number of rotatable bonds is 5. The van der Waals surface area contributed by atoms with Crippen LogP contribution in [0.1, 0.15) is 16.4 Å². The predicted octanol–water partition coefficient (Wildman–Crippen LogP) is 5.95. The fourth-order valence-corrected chi connectivity index (χ4v) is 3.49. The van der Waals surface area contributed by atoms with E-state index in [2.05, 4.69) is 0 Å². The second-order valence-corrected chi connectivity index (χ2v) is 6.47. The molecule has 2 aromatic carbocycles. The average molecular weight is 328 g/mol. The van der Waals surface area contributed by atoms with E-state index in [1.54, 1.807) is 18.2 Å². The van der Waals surface area contributed by atoms with Crippen LogP contribution in [-0.4, -0.2) is 12.4 Å². The molecule has 0 amide bonds. The Bertz CT molecular complexity index is 567. The maximum absolute atomic E-state index is 13.3. The van der Waals surface area contributed by atoms with Crippen molar-refractivity contribution in [3.05, 3.63) is 65.7 Å². The molecule has 0 N–H and O–H groups in total. The van der Waals surface area contributed by atoms with Gasteiger partial charge < -0.3 is 0 Å². The van der Waals surface area contributed by atoms with Gasteiger partial charge in [0.2, 0.25) is 0 Å². The lowest BCUT2D eigenvalue weighted by Gasteiger charge is -2.20. The minimum atomic E-state index is -4.25. The first-order valence-corrected chi connectivity index (χ1v) is 8.64. The normalized spacial score (nSPS) is 13.1. The fraction of sp³-hybridized carbons (Fsp3) is 0.250. The Morgan fingerprint density at radius 3 is 2.33 bits per heavy atom. The number of hydrogen-bond acceptors (Lipinski definition) is 2. The Morgan fingerprint density at radius 2 is 1.71 bits per heavy atom. The molecule has 112 valence electrons. The van der Waals surface area contributed by atoms with Crippen molar-refractivity contribution in [3.8, 4) is 0 Å². The van der Waals surface area contributed by atoms with Crippen LogP contribution in [0.15, 0.2) is 59.5 Å². The van der Waals surface area contributed by atoms with Crippen molar-refractivity contribution in [1.29, 1.82) is 0 Å². The lowest BCUT2D eigenvalue weighted by atomic mass is 10.1. The molecule has 5 heteroatoms. The third kappa shape index (κ3) is 4.71. The van der Waals surface area contributed by atoms with E-state index >= 15 is 0 Å². The highest BCUT2D eigenvalue weighted by atomic mass is 32.2. The zero-order chi connectivity index (χ0) is 15.3. The van der Waals surface area contributed by atoms with E-state index in [4.69, 9.17) is 0 Å². The lowest BCUT2D eigenvalue weighted by Crippen LogP contribution is -2.18. The minimum absolute atomic E-state index is 0.315. The molecule has 2 aromatic rings. The molecular weight excluding hydrogens is 313 g/mol. The molecule has 0 aliphatic rings. The van der Waals surface area contributed by atoms with Crippen molar-refractivity contribution in [2.75, 3.05) is 6.26 Å². The Labute approximate surface area is 131 Å². The molecule has 0 saturated heterocycles. The number of alkyl halides is 3. The van der Waals surface area contributed by atoms with Gasteiger partial charge in [0, 0.05) is 10.6 Å². The highest BCUT2D eigenvalue weighted by Gasteiger charge is 2.41. The first kappa shape index (κ1) is 16.3. The first-order chi connectivity index (χ1) is 10.0. The van der Waals surface area contributed by atoms with E-state index in [1.807, 2.05) is 42.7 Å². The molecule has 0 bridgehead atoms. The van der Waals surface area contributed by atoms with Gasteiger partial charge in [-0.15, -0.1) is 23.5 Å². The van der Waals surface area contributed by atoms with Gasteiger partial charge in [-0.2, -0.15) is 13.2 Å². The van der Waals surface area contributed by atoms with Crippen LogP contribution in [0.3, 0.4) is 0 Å². The zero-order valence-corrected chi connectivity index (χ0v) is 13.1. The average Bonchev–Trinajstić information content (AvgIpc) is 2.47. The van der Waals surface area contributed by atoms with Crippen LogP contribution in [-0.2, 0) is 5.75 Å². The van der Waals surface area contributed by atoms with Crippen molar-refractivity contribution >= 4 is 23.5 Å². The maximum atomic E-state index is 13.3. The Balaban J connectivity index is 2.18. The van der Waals surface area contributed by atoms with Crippen LogP contribution in [0.2, 0.25) is 0 Å². The molecule has 0 unspecified atom stereocenters. The summed E-state index contributed by atoms with van der Waals surface area (Å²) in [7, 11) is 0. The third-order valence-electron chi connectivity index (χ3n) is 2.95. The van der Waals surface area contributed by atoms with Crippen molar-refractivity contribution in [1.82, 2.24) is 0 Å². The number of hydrogen-bond donors (Lipinski definition) is 0. The Kier molecular flexibility index (Phi) is 5.65. The van der Waals surface area contributed by atoms with Crippen LogP contribution in [0.25, 0.3) is 0 Å². The van der Waals surface area contributed by atoms with Crippen molar-refractivity contribution < 1.29 is 13.2 Å². The summed E-state index contributed by atoms with van der Waals surface area (Å²) < 4.78 is 39.9. The Hall–Kier alpha value is -1.07. The molecule has 0 aliphatic carbocycles. The smallest absolute Gasteiger partial charge is 0.169 e. The van der Waals surface area contributed by atoms with Gasteiger partial charge in [-0.3, -0.25) is 0 Å². The van der Waals surface area contributed by atoms with Crippen molar-refractivity contribution in [3.63, 3.8) is 0 Å². The molecule has 0 fully saturated rings. The van der Waals surface area contributed by atoms with Gasteiger partial charge in [0.15, 0.2) is 0 Å². The number of thioether (sulfide) groups is 2. The summed E-state index contributed by atoms with van der Waals surface area (Å²) in [5, 5.41) is -1.50. The standard InChI is InChI=1S/C16H15F3S2/c1-20-14-9-5-8-13(10-14)15(16(17,18)19)21-11-12-6-3-2-4-7-12/h2-10,15H,11H2,1H3/t15-/m1/s1. The third-order valence-corrected chi connectivity index (χ3v) is 5.05. The quantitative estimate of drug-likeness (QED) is 0.622. The molecule has 0 spiro atoms. The predicted molar refractivity (Wildman–Crippen MR) is 84.8 cm³/mol. The van der Waals surface area contributed by atoms with Crippen LogP contribution in [0, 0.1) is 0 Å². The monoisotopic (exact) mass is 328 g/mol. The van der Waals surface area contributed by atoms with E-state index in [9.17, 15) is 13.2 Å². The summed E-state index contributed by atoms with van der Waals surface area (Å²) in [6.45, 7) is 0. The molecule has 0 aromatic heterocycles. The first-order valence-electron chi connectivity index (χ1n) is 6.37. The van der Waals surface area contributed by atoms with E-state index in [0.717, 1.165) is 22.2 Å². The highest BCUT2D eigenvalue weighted by Crippen LogP contribution is 2.45. The van der Waals surface area contributed by atoms with E-state index in [-0.39, 0.29) is 0 Å². The number of halogens is 3. The molecule has 0 radical (unpaired) electrons. The van der Waals surface area contributed by atoms with Gasteiger partial charge in [-0.05, 0) is 29.5 Å². The minimum Gasteiger partial charge on any atom is -0.169 e. The fourth-order valence-electron chi connectivity index (χ4n) is 1.94. The molecule has 1 atom stereocenters. The molecule has 0 saturated carbocycles. The highest BCUT2D eigenvalue weighted by molar-refractivity contribution is 7.99. The summed E-state index contributed by atoms with van der Waals surface area (Å²) in [5.41, 5.74) is 1.22. The van der Waals surface area contributed by atoms with Gasteiger partial charge in [0.1, 0.15) is 5.25 Å². The van der Waals surface area contributed by atoms with Gasteiger partial charge in [0.05, 0.1) is 0 Å². The molecular formula is C16H15F3S2. The second kappa shape index (κ2) is 7.27. The number of benzene rings is 2. The summed E-state index contributed by atoms with van der Waals surface area (Å²) in [6.07, 6.45) is -2.39. The van der Waals surface area contributed by atoms with Crippen molar-refractivity contribution in [2.24, 2.45) is 0 Å². The second-order valence-electron chi connectivity index (χ2n) is 4.49. The molecule has 0 aliphatic heterocycles. The van der Waals surface area contributed by atoms with E-state index in [0.29, 0.717) is 11.3 Å². The van der Waals surface area contributed by atoms with Gasteiger partial charge in [0.25, 0.3) is 0 Å². The van der Waals surface area contributed by atoms with Gasteiger partial charge in [-0.25, -0.2) is 0 Å². The SMILES string of the molecule is CSc1cccc([C@@H](SCc2ccccc2)C(F)(F)F)c1. The summed E-state index contributed by atoms with van der Waals surface area (Å²) in [6, 6.07) is 15.9. The lowest BCUT2D eigenvalue weighted by molar-refractivity contribution is -0.129. The summed E-state index contributed by atoms with van der Waals surface area (Å²) >= 11 is 2.37. The van der Waals surface area contributed by atoms with E-state index < -0.39 is 11.4 Å². The van der Waals surface area contributed by atoms with Crippen LogP contribution < -0.4 is 0 Å². The molecule has 0 heterocycles. The molecule has 21 heavy (non-hydrogen) atoms. The molecule has 2 rings (SSSR count). The van der Waals surface area contributed by atoms with Gasteiger partial charge in [-0.1, -0.05) is 42.5 Å². The zero-order valence-electron chi connectivity index (χ0n) is 11.4. The van der Waals surface area contributed by atoms with E-state index in [1.165, 1.54) is 11.8 Å². The summed E-state index contributed by atoms with van der Waals surface area (Å²) in [5.74, 6) is 0.342. The van der Waals surface area contributed by atoms with Crippen LogP contribution in [0.5, 0.6) is 0 Å². The maximum Gasteiger partial charge on any atom is 0.404 e. The van der Waals surface area contributed by atoms with Crippen molar-refractivity contribution in [2.45, 2.75) is 22.1 Å². The van der Waals surface area contributed by atoms with Gasteiger partial charge >= 0.3 is 6.18 Å². The van der Waals surface area contributed by atoms with Crippen LogP contribution in [0.4, 0.5) is 13.2 Å². The molecule has 0 nitrogen and oxygen atoms in total. The van der Waals surface area contributed by atoms with Crippen LogP contribution >= 0.6 is 23.5 Å². The topological polar surface area (TPSA) is 0 Å². The Morgan fingerprint density at radius 1 is 1.00 bits per heavy atom. The largest absolute Gasteiger partial charge is 0.404 e. The summed E-state index contributed by atoms with van der Waals surface area (Å²) in [4.78, 5) is 0.849.